The predicted octanol–water partition coefficient (Wildman–Crippen LogP) is 5.70. The molecule has 2 amide bonds. The third-order valence-corrected chi connectivity index (χ3v) is 6.74. The van der Waals surface area contributed by atoms with E-state index in [1.54, 1.807) is 25.5 Å². The molecule has 2 aromatic carbocycles. The topological polar surface area (TPSA) is 77.4 Å². The van der Waals surface area contributed by atoms with Gasteiger partial charge in [0, 0.05) is 11.3 Å². The second-order valence-corrected chi connectivity index (χ2v) is 10.2. The smallest absolute Gasteiger partial charge is 0.347 e. The van der Waals surface area contributed by atoms with Crippen LogP contribution in [0.15, 0.2) is 47.6 Å². The molecule has 1 fully saturated rings. The van der Waals surface area contributed by atoms with E-state index in [1.165, 1.54) is 22.8 Å². The number of hydrogen-bond acceptors (Lipinski definition) is 6. The lowest BCUT2D eigenvalue weighted by molar-refractivity contribution is -0.114. The monoisotopic (exact) mass is 498 g/mol. The fourth-order valence-electron chi connectivity index (χ4n) is 2.99. The number of rotatable bonds is 5. The summed E-state index contributed by atoms with van der Waals surface area (Å²) in [5, 5.41) is 20.5. The number of anilines is 1. The van der Waals surface area contributed by atoms with E-state index in [0.29, 0.717) is 25.8 Å². The number of methoxy groups -OCH3 is 1. The summed E-state index contributed by atoms with van der Waals surface area (Å²) in [6, 6.07) is 11.2. The molecule has 0 saturated carbocycles. The van der Waals surface area contributed by atoms with Crippen molar-refractivity contribution < 1.29 is 14.7 Å². The standard InChI is InChI=1S/C20H20Cl2N4O3S2/c1-20(2)17(26(28)18(27)24-13-8-9-14(21)15(22)10-13)25(19(30)31-20)23-11-12-6-4-5-7-16(12)29-3/h4-11,17,28H,1-3H3,(H,24,27). The summed E-state index contributed by atoms with van der Waals surface area (Å²) < 4.78 is 5.11. The van der Waals surface area contributed by atoms with Gasteiger partial charge in [-0.25, -0.2) is 9.80 Å². The molecule has 1 saturated heterocycles. The van der Waals surface area contributed by atoms with Gasteiger partial charge in [0.1, 0.15) is 5.75 Å². The van der Waals surface area contributed by atoms with Crippen LogP contribution in [0.25, 0.3) is 0 Å². The summed E-state index contributed by atoms with van der Waals surface area (Å²) in [4.78, 5) is 12.7. The number of hydroxylamine groups is 2. The first kappa shape index (κ1) is 23.6. The maximum absolute atomic E-state index is 12.7. The van der Waals surface area contributed by atoms with Gasteiger partial charge in [-0.1, -0.05) is 59.3 Å². The molecular weight excluding hydrogens is 479 g/mol. The quantitative estimate of drug-likeness (QED) is 0.238. The average Bonchev–Trinajstić information content (AvgIpc) is 2.96. The number of para-hydroxylation sites is 1. The van der Waals surface area contributed by atoms with Gasteiger partial charge in [-0.2, -0.15) is 10.2 Å². The number of nitrogens with one attached hydrogen (secondary N) is 1. The van der Waals surface area contributed by atoms with Crippen LogP contribution in [0.4, 0.5) is 10.5 Å². The number of carbonyl (C=O) groups is 1. The van der Waals surface area contributed by atoms with Crippen LogP contribution in [-0.4, -0.2) is 49.9 Å². The molecule has 1 unspecified atom stereocenters. The Balaban J connectivity index is 1.84. The first-order valence-corrected chi connectivity index (χ1v) is 11.1. The molecule has 31 heavy (non-hydrogen) atoms. The lowest BCUT2D eigenvalue weighted by Gasteiger charge is -2.34. The van der Waals surface area contributed by atoms with E-state index in [4.69, 9.17) is 40.2 Å². The van der Waals surface area contributed by atoms with Gasteiger partial charge in [0.05, 0.1) is 28.1 Å². The molecule has 164 valence electrons. The Labute approximate surface area is 199 Å². The zero-order valence-electron chi connectivity index (χ0n) is 16.9. The Kier molecular flexibility index (Phi) is 7.33. The van der Waals surface area contributed by atoms with E-state index in [9.17, 15) is 10.0 Å². The minimum atomic E-state index is -0.862. The maximum atomic E-state index is 12.7. The fourth-order valence-corrected chi connectivity index (χ4v) is 5.08. The Morgan fingerprint density at radius 3 is 2.71 bits per heavy atom. The van der Waals surface area contributed by atoms with Crippen molar-refractivity contribution in [3.05, 3.63) is 58.1 Å². The zero-order valence-corrected chi connectivity index (χ0v) is 20.0. The van der Waals surface area contributed by atoms with Gasteiger partial charge in [0.2, 0.25) is 0 Å². The van der Waals surface area contributed by atoms with Gasteiger partial charge in [0.15, 0.2) is 10.5 Å². The van der Waals surface area contributed by atoms with Crippen LogP contribution in [0, 0.1) is 0 Å². The van der Waals surface area contributed by atoms with E-state index in [1.807, 2.05) is 38.1 Å². The van der Waals surface area contributed by atoms with Gasteiger partial charge >= 0.3 is 6.03 Å². The number of amides is 2. The van der Waals surface area contributed by atoms with Crippen molar-refractivity contribution in [3.8, 4) is 5.75 Å². The number of carbonyl (C=O) groups excluding carboxylic acids is 1. The highest BCUT2D eigenvalue weighted by Gasteiger charge is 2.50. The Bertz CT molecular complexity index is 1040. The van der Waals surface area contributed by atoms with Crippen LogP contribution in [0.3, 0.4) is 0 Å². The van der Waals surface area contributed by atoms with Crippen molar-refractivity contribution >= 4 is 69.4 Å². The molecule has 1 atom stereocenters. The largest absolute Gasteiger partial charge is 0.496 e. The molecule has 0 radical (unpaired) electrons. The number of urea groups is 1. The third-order valence-electron chi connectivity index (χ3n) is 4.46. The molecule has 1 aliphatic heterocycles. The van der Waals surface area contributed by atoms with E-state index >= 15 is 0 Å². The van der Waals surface area contributed by atoms with Crippen molar-refractivity contribution in [2.45, 2.75) is 24.8 Å². The number of hydrazone groups is 1. The first-order valence-electron chi connectivity index (χ1n) is 9.07. The number of benzene rings is 2. The molecule has 7 nitrogen and oxygen atoms in total. The lowest BCUT2D eigenvalue weighted by Crippen LogP contribution is -2.54. The van der Waals surface area contributed by atoms with Crippen molar-refractivity contribution in [3.63, 3.8) is 0 Å². The van der Waals surface area contributed by atoms with E-state index in [0.717, 1.165) is 5.56 Å². The summed E-state index contributed by atoms with van der Waals surface area (Å²) in [5.41, 5.74) is 1.11. The molecular formula is C20H20Cl2N4O3S2. The number of halogens is 2. The van der Waals surface area contributed by atoms with Crippen LogP contribution < -0.4 is 10.1 Å². The summed E-state index contributed by atoms with van der Waals surface area (Å²) in [6.07, 6.45) is 0.712. The Morgan fingerprint density at radius 2 is 2.03 bits per heavy atom. The molecule has 0 spiro atoms. The first-order chi connectivity index (χ1) is 14.6. The minimum Gasteiger partial charge on any atom is -0.496 e. The molecule has 0 aliphatic carbocycles. The van der Waals surface area contributed by atoms with Gasteiger partial charge in [-0.3, -0.25) is 5.21 Å². The predicted molar refractivity (Wildman–Crippen MR) is 130 cm³/mol. The number of nitrogens with zero attached hydrogens (tertiary/aromatic N) is 3. The maximum Gasteiger partial charge on any atom is 0.347 e. The van der Waals surface area contributed by atoms with Gasteiger partial charge in [-0.15, -0.1) is 0 Å². The summed E-state index contributed by atoms with van der Waals surface area (Å²) in [5.74, 6) is 0.637. The number of ether oxygens (including phenoxy) is 1. The molecule has 1 heterocycles. The van der Waals surface area contributed by atoms with Crippen molar-refractivity contribution in [1.29, 1.82) is 0 Å². The van der Waals surface area contributed by atoms with Crippen LogP contribution in [0.2, 0.25) is 10.0 Å². The average molecular weight is 499 g/mol. The second-order valence-electron chi connectivity index (χ2n) is 7.08. The van der Waals surface area contributed by atoms with Gasteiger partial charge in [-0.05, 0) is 44.2 Å². The molecule has 2 N–H and O–H groups in total. The lowest BCUT2D eigenvalue weighted by atomic mass is 10.1. The highest BCUT2D eigenvalue weighted by atomic mass is 35.5. The van der Waals surface area contributed by atoms with E-state index in [-0.39, 0.29) is 5.02 Å². The number of thioether (sulfide) groups is 1. The van der Waals surface area contributed by atoms with Gasteiger partial charge in [0.25, 0.3) is 0 Å². The Hall–Kier alpha value is -2.04. The molecule has 2 aromatic rings. The van der Waals surface area contributed by atoms with Crippen LogP contribution in [0.1, 0.15) is 19.4 Å². The third kappa shape index (κ3) is 5.24. The van der Waals surface area contributed by atoms with Crippen LogP contribution in [-0.2, 0) is 0 Å². The summed E-state index contributed by atoms with van der Waals surface area (Å²) in [7, 11) is 1.57. The summed E-state index contributed by atoms with van der Waals surface area (Å²) in [6.45, 7) is 3.73. The molecule has 0 aromatic heterocycles. The van der Waals surface area contributed by atoms with Crippen molar-refractivity contribution in [1.82, 2.24) is 10.1 Å². The molecule has 3 rings (SSSR count). The molecule has 0 bridgehead atoms. The zero-order chi connectivity index (χ0) is 22.8. The van der Waals surface area contributed by atoms with E-state index < -0.39 is 16.9 Å². The number of hydrogen-bond donors (Lipinski definition) is 2. The minimum absolute atomic E-state index is 0.282. The molecule has 1 aliphatic rings. The fraction of sp³-hybridized carbons (Fsp3) is 0.250. The van der Waals surface area contributed by atoms with Gasteiger partial charge < -0.3 is 10.1 Å². The SMILES string of the molecule is COc1ccccc1C=NN1C(=S)SC(C)(C)C1N(O)C(=O)Nc1ccc(Cl)c(Cl)c1. The summed E-state index contributed by atoms with van der Waals surface area (Å²) >= 11 is 18.7. The highest BCUT2D eigenvalue weighted by Crippen LogP contribution is 2.42. The van der Waals surface area contributed by atoms with Crippen LogP contribution >= 0.6 is 47.2 Å². The van der Waals surface area contributed by atoms with Crippen LogP contribution in [0.5, 0.6) is 5.75 Å². The Morgan fingerprint density at radius 1 is 1.32 bits per heavy atom. The number of thiocarbonyl (C=S) groups is 1. The molecule has 11 heteroatoms. The normalized spacial score (nSPS) is 17.8. The second kappa shape index (κ2) is 9.62. The van der Waals surface area contributed by atoms with E-state index in [2.05, 4.69) is 10.4 Å². The van der Waals surface area contributed by atoms with Crippen molar-refractivity contribution in [2.75, 3.05) is 12.4 Å². The van der Waals surface area contributed by atoms with Crippen molar-refractivity contribution in [2.24, 2.45) is 5.10 Å². The highest BCUT2D eigenvalue weighted by molar-refractivity contribution is 8.24.